The largest absolute Gasteiger partial charge is 0.393 e. The number of nitrogens with one attached hydrogen (secondary N) is 1. The molecule has 1 aliphatic carbocycles. The van der Waals surface area contributed by atoms with Crippen LogP contribution in [0.25, 0.3) is 0 Å². The van der Waals surface area contributed by atoms with Gasteiger partial charge >= 0.3 is 0 Å². The number of hydrogen-bond donors (Lipinski definition) is 2. The van der Waals surface area contributed by atoms with E-state index in [-0.39, 0.29) is 27.2 Å². The summed E-state index contributed by atoms with van der Waals surface area (Å²) in [5.41, 5.74) is 0. The Morgan fingerprint density at radius 2 is 2.14 bits per heavy atom. The summed E-state index contributed by atoms with van der Waals surface area (Å²) in [5, 5.41) is 19.8. The van der Waals surface area contributed by atoms with E-state index in [0.717, 1.165) is 24.2 Å². The minimum absolute atomic E-state index is 0.0162. The molecule has 2 N–H and O–H groups in total. The molecule has 1 aromatic heterocycles. The summed E-state index contributed by atoms with van der Waals surface area (Å²) in [5.74, 6) is -0.0889. The van der Waals surface area contributed by atoms with E-state index in [1.54, 1.807) is 0 Å². The van der Waals surface area contributed by atoms with Crippen LogP contribution in [0.15, 0.2) is 4.34 Å². The van der Waals surface area contributed by atoms with Crippen LogP contribution in [0.5, 0.6) is 0 Å². The molecule has 2 heterocycles. The van der Waals surface area contributed by atoms with Gasteiger partial charge in [-0.15, -0.1) is 10.2 Å². The fourth-order valence-corrected chi connectivity index (χ4v) is 5.64. The van der Waals surface area contributed by atoms with Crippen molar-refractivity contribution in [2.45, 2.75) is 30.2 Å². The number of nitrogens with zero attached hydrogens (tertiary/aromatic N) is 3. The molecule has 0 aromatic carbocycles. The Labute approximate surface area is 126 Å². The Morgan fingerprint density at radius 1 is 1.38 bits per heavy atom. The van der Waals surface area contributed by atoms with Crippen molar-refractivity contribution in [2.24, 2.45) is 11.8 Å². The highest BCUT2D eigenvalue weighted by molar-refractivity contribution is 7.91. The first kappa shape index (κ1) is 14.8. The zero-order valence-corrected chi connectivity index (χ0v) is 13.0. The van der Waals surface area contributed by atoms with E-state index in [1.165, 1.54) is 11.2 Å². The van der Waals surface area contributed by atoms with Gasteiger partial charge in [-0.25, -0.2) is 8.42 Å². The van der Waals surface area contributed by atoms with Crippen molar-refractivity contribution < 1.29 is 18.3 Å². The highest BCUT2D eigenvalue weighted by Gasteiger charge is 2.46. The average Bonchev–Trinajstić information content (AvgIpc) is 3.06. The highest BCUT2D eigenvalue weighted by atomic mass is 32.2. The van der Waals surface area contributed by atoms with E-state index in [4.69, 9.17) is 0 Å². The zero-order valence-electron chi connectivity index (χ0n) is 11.4. The Morgan fingerprint density at radius 3 is 2.81 bits per heavy atom. The van der Waals surface area contributed by atoms with Gasteiger partial charge in [-0.1, -0.05) is 11.3 Å². The molecule has 1 saturated carbocycles. The first-order chi connectivity index (χ1) is 9.88. The smallest absolute Gasteiger partial charge is 0.272 e. The molecule has 1 saturated heterocycles. The maximum Gasteiger partial charge on any atom is 0.272 e. The highest BCUT2D eigenvalue weighted by Crippen LogP contribution is 2.40. The van der Waals surface area contributed by atoms with Crippen LogP contribution >= 0.6 is 11.3 Å². The molecule has 0 spiro atoms. The maximum absolute atomic E-state index is 12.5. The maximum atomic E-state index is 12.5. The molecule has 10 heteroatoms. The molecule has 1 aliphatic heterocycles. The number of aromatic nitrogens is 2. The summed E-state index contributed by atoms with van der Waals surface area (Å²) < 4.78 is 26.3. The van der Waals surface area contributed by atoms with Crippen molar-refractivity contribution in [2.75, 3.05) is 18.4 Å². The molecule has 3 rings (SSSR count). The van der Waals surface area contributed by atoms with Crippen LogP contribution < -0.4 is 5.32 Å². The Kier molecular flexibility index (Phi) is 3.72. The number of hydrogen-bond acceptors (Lipinski definition) is 7. The number of fused-ring (bicyclic) bond motifs is 1. The van der Waals surface area contributed by atoms with Crippen LogP contribution in [-0.4, -0.2) is 53.1 Å². The van der Waals surface area contributed by atoms with Gasteiger partial charge in [-0.05, 0) is 18.8 Å². The Bertz CT molecular complexity index is 659. The first-order valence-electron chi connectivity index (χ1n) is 6.67. The Hall–Kier alpha value is -1.10. The number of sulfonamides is 1. The summed E-state index contributed by atoms with van der Waals surface area (Å²) in [6.07, 6.45) is 1.18. The van der Waals surface area contributed by atoms with Gasteiger partial charge in [0.25, 0.3) is 10.0 Å². The number of amides is 1. The van der Waals surface area contributed by atoms with E-state index in [1.807, 2.05) is 0 Å². The monoisotopic (exact) mass is 332 g/mol. The molecule has 0 bridgehead atoms. The lowest BCUT2D eigenvalue weighted by Gasteiger charge is -2.16. The summed E-state index contributed by atoms with van der Waals surface area (Å²) in [7, 11) is -3.70. The fourth-order valence-electron chi connectivity index (χ4n) is 3.02. The van der Waals surface area contributed by atoms with Crippen molar-refractivity contribution in [1.82, 2.24) is 14.5 Å². The van der Waals surface area contributed by atoms with E-state index in [9.17, 15) is 18.3 Å². The second kappa shape index (κ2) is 5.27. The predicted molar refractivity (Wildman–Crippen MR) is 75.2 cm³/mol. The molecular formula is C11H16N4O4S2. The van der Waals surface area contributed by atoms with Gasteiger partial charge in [-0.3, -0.25) is 4.79 Å². The molecule has 116 valence electrons. The van der Waals surface area contributed by atoms with Crippen molar-refractivity contribution in [3.8, 4) is 0 Å². The summed E-state index contributed by atoms with van der Waals surface area (Å²) in [6, 6.07) is 0. The van der Waals surface area contributed by atoms with Crippen LogP contribution in [0.4, 0.5) is 5.13 Å². The number of aliphatic hydroxyl groups is 1. The molecular weight excluding hydrogens is 316 g/mol. The van der Waals surface area contributed by atoms with Crippen molar-refractivity contribution in [3.05, 3.63) is 0 Å². The number of carbonyl (C=O) groups is 1. The number of aliphatic hydroxyl groups excluding tert-OH is 1. The summed E-state index contributed by atoms with van der Waals surface area (Å²) >= 11 is 0.838. The van der Waals surface area contributed by atoms with Crippen LogP contribution in [0.3, 0.4) is 0 Å². The van der Waals surface area contributed by atoms with Crippen LogP contribution in [0, 0.1) is 11.8 Å². The van der Waals surface area contributed by atoms with E-state index in [0.29, 0.717) is 13.1 Å². The molecule has 2 fully saturated rings. The predicted octanol–water partition coefficient (Wildman–Crippen LogP) is -0.112. The van der Waals surface area contributed by atoms with Gasteiger partial charge in [-0.2, -0.15) is 4.31 Å². The lowest BCUT2D eigenvalue weighted by atomic mass is 10.00. The third-order valence-corrected chi connectivity index (χ3v) is 7.05. The van der Waals surface area contributed by atoms with Crippen molar-refractivity contribution >= 4 is 32.4 Å². The molecule has 21 heavy (non-hydrogen) atoms. The Balaban J connectivity index is 1.78. The quantitative estimate of drug-likeness (QED) is 0.747. The standard InChI is InChI=1S/C11H16N4O4S2/c1-6(16)12-10-13-14-11(20-10)21(18,19)15-4-7-2-3-9(17)8(7)5-15/h7-9,17H,2-5H2,1H3,(H,12,13,16). The fraction of sp³-hybridized carbons (Fsp3) is 0.727. The molecule has 2 aliphatic rings. The minimum Gasteiger partial charge on any atom is -0.393 e. The van der Waals surface area contributed by atoms with Crippen LogP contribution in [0.2, 0.25) is 0 Å². The topological polar surface area (TPSA) is 112 Å². The second-order valence-corrected chi connectivity index (χ2v) is 8.53. The third-order valence-electron chi connectivity index (χ3n) is 4.04. The van der Waals surface area contributed by atoms with Gasteiger partial charge in [0.15, 0.2) is 0 Å². The average molecular weight is 332 g/mol. The second-order valence-electron chi connectivity index (χ2n) is 5.44. The van der Waals surface area contributed by atoms with Gasteiger partial charge < -0.3 is 10.4 Å². The van der Waals surface area contributed by atoms with Crippen molar-refractivity contribution in [3.63, 3.8) is 0 Å². The van der Waals surface area contributed by atoms with Crippen LogP contribution in [-0.2, 0) is 14.8 Å². The molecule has 0 radical (unpaired) electrons. The lowest BCUT2D eigenvalue weighted by Crippen LogP contribution is -2.31. The molecule has 8 nitrogen and oxygen atoms in total. The molecule has 3 unspecified atom stereocenters. The first-order valence-corrected chi connectivity index (χ1v) is 8.93. The van der Waals surface area contributed by atoms with Gasteiger partial charge in [0.1, 0.15) is 0 Å². The van der Waals surface area contributed by atoms with Gasteiger partial charge in [0, 0.05) is 25.9 Å². The number of anilines is 1. The van der Waals surface area contributed by atoms with Crippen LogP contribution in [0.1, 0.15) is 19.8 Å². The van der Waals surface area contributed by atoms with E-state index >= 15 is 0 Å². The number of carbonyl (C=O) groups excluding carboxylic acids is 1. The lowest BCUT2D eigenvalue weighted by molar-refractivity contribution is -0.114. The van der Waals surface area contributed by atoms with Crippen molar-refractivity contribution in [1.29, 1.82) is 0 Å². The third kappa shape index (κ3) is 2.68. The normalized spacial score (nSPS) is 29.5. The van der Waals surface area contributed by atoms with Gasteiger partial charge in [0.05, 0.1) is 6.10 Å². The van der Waals surface area contributed by atoms with E-state index in [2.05, 4.69) is 15.5 Å². The SMILES string of the molecule is CC(=O)Nc1nnc(S(=O)(=O)N2CC3CCC(O)C3C2)s1. The molecule has 3 atom stereocenters. The van der Waals surface area contributed by atoms with Gasteiger partial charge in [0.2, 0.25) is 15.4 Å². The van der Waals surface area contributed by atoms with E-state index < -0.39 is 16.1 Å². The molecule has 1 amide bonds. The summed E-state index contributed by atoms with van der Waals surface area (Å²) in [6.45, 7) is 2.06. The number of rotatable bonds is 3. The minimum atomic E-state index is -3.70. The molecule has 1 aromatic rings. The summed E-state index contributed by atoms with van der Waals surface area (Å²) in [4.78, 5) is 10.9. The zero-order chi connectivity index (χ0) is 15.2.